The average molecular weight is 321 g/mol. The Morgan fingerprint density at radius 2 is 1.65 bits per heavy atom. The molecule has 0 aliphatic carbocycles. The summed E-state index contributed by atoms with van der Waals surface area (Å²) >= 11 is 0. The van der Waals surface area contributed by atoms with Gasteiger partial charge in [-0.3, -0.25) is 4.57 Å². The number of hydrogen-bond acceptors (Lipinski definition) is 5. The molecule has 0 amide bonds. The van der Waals surface area contributed by atoms with Crippen molar-refractivity contribution < 1.29 is 28.9 Å². The van der Waals surface area contributed by atoms with E-state index in [1.807, 2.05) is 0 Å². The largest absolute Gasteiger partial charge is 0.493 e. The number of aromatic nitrogens is 1. The predicted molar refractivity (Wildman–Crippen MR) is 83.6 cm³/mol. The summed E-state index contributed by atoms with van der Waals surface area (Å²) in [6.07, 6.45) is 0.571. The molecule has 0 radical (unpaired) electrons. The van der Waals surface area contributed by atoms with Crippen LogP contribution < -0.4 is 9.47 Å². The van der Waals surface area contributed by atoms with Gasteiger partial charge in [0.2, 0.25) is 0 Å². The third-order valence-electron chi connectivity index (χ3n) is 3.13. The molecule has 0 fully saturated rings. The molecule has 0 aliphatic rings. The molecule has 0 saturated carbocycles. The molecule has 1 N–H and O–H groups in total. The molecule has 0 saturated heterocycles. The first kappa shape index (κ1) is 16.7. The van der Waals surface area contributed by atoms with Crippen molar-refractivity contribution in [2.24, 2.45) is 0 Å². The van der Waals surface area contributed by atoms with Gasteiger partial charge in [-0.2, -0.15) is 0 Å². The van der Waals surface area contributed by atoms with Crippen LogP contribution in [0.2, 0.25) is 0 Å². The van der Waals surface area contributed by atoms with Gasteiger partial charge in [-0.1, -0.05) is 0 Å². The lowest BCUT2D eigenvalue weighted by molar-refractivity contribution is 0.0544. The molecule has 0 unspecified atom stereocenters. The first-order valence-corrected chi connectivity index (χ1v) is 6.91. The predicted octanol–water partition coefficient (Wildman–Crippen LogP) is 3.14. The number of rotatable bonds is 3. The fourth-order valence-electron chi connectivity index (χ4n) is 2.18. The van der Waals surface area contributed by atoms with Crippen LogP contribution in [-0.4, -0.2) is 41.6 Å². The molecule has 0 spiro atoms. The summed E-state index contributed by atoms with van der Waals surface area (Å²) in [4.78, 5) is 23.8. The minimum atomic E-state index is -1.15. The zero-order chi connectivity index (χ0) is 17.4. The zero-order valence-electron chi connectivity index (χ0n) is 13.7. The lowest BCUT2D eigenvalue weighted by Gasteiger charge is -2.19. The van der Waals surface area contributed by atoms with Crippen LogP contribution in [0.1, 0.15) is 31.1 Å². The lowest BCUT2D eigenvalue weighted by Crippen LogP contribution is -2.26. The number of carbonyl (C=O) groups excluding carboxylic acids is 1. The highest BCUT2D eigenvalue weighted by Gasteiger charge is 2.24. The molecular weight excluding hydrogens is 302 g/mol. The van der Waals surface area contributed by atoms with Gasteiger partial charge in [0.25, 0.3) is 0 Å². The Morgan fingerprint density at radius 1 is 1.09 bits per heavy atom. The first-order chi connectivity index (χ1) is 10.7. The number of ether oxygens (including phenoxy) is 3. The zero-order valence-corrected chi connectivity index (χ0v) is 13.7. The van der Waals surface area contributed by atoms with Crippen LogP contribution in [0.25, 0.3) is 10.9 Å². The van der Waals surface area contributed by atoms with E-state index < -0.39 is 17.7 Å². The third kappa shape index (κ3) is 3.23. The van der Waals surface area contributed by atoms with Crippen molar-refractivity contribution in [2.45, 2.75) is 26.4 Å². The van der Waals surface area contributed by atoms with Crippen molar-refractivity contribution in [3.8, 4) is 11.5 Å². The molecule has 1 aromatic carbocycles. The first-order valence-electron chi connectivity index (χ1n) is 6.91. The summed E-state index contributed by atoms with van der Waals surface area (Å²) in [6, 6.07) is 3.07. The number of carboxylic acids is 1. The molecule has 1 aromatic heterocycles. The van der Waals surface area contributed by atoms with Crippen LogP contribution in [0.4, 0.5) is 4.79 Å². The summed E-state index contributed by atoms with van der Waals surface area (Å²) in [5.41, 5.74) is -0.353. The SMILES string of the molecule is COc1cc2c(C(=O)O)cn(C(=O)OC(C)(C)C)c2cc1OC. The van der Waals surface area contributed by atoms with Crippen molar-refractivity contribution in [1.82, 2.24) is 4.57 Å². The lowest BCUT2D eigenvalue weighted by atomic mass is 10.1. The molecule has 2 rings (SSSR count). The maximum Gasteiger partial charge on any atom is 0.419 e. The van der Waals surface area contributed by atoms with Gasteiger partial charge < -0.3 is 19.3 Å². The minimum absolute atomic E-state index is 0.0215. The number of nitrogens with zero attached hydrogens (tertiary/aromatic N) is 1. The molecule has 7 heteroatoms. The van der Waals surface area contributed by atoms with Crippen molar-refractivity contribution in [2.75, 3.05) is 14.2 Å². The Kier molecular flexibility index (Phi) is 4.22. The highest BCUT2D eigenvalue weighted by Crippen LogP contribution is 2.35. The number of hydrogen-bond donors (Lipinski definition) is 1. The Morgan fingerprint density at radius 3 is 2.13 bits per heavy atom. The topological polar surface area (TPSA) is 87.0 Å². The van der Waals surface area contributed by atoms with E-state index in [0.29, 0.717) is 22.4 Å². The molecule has 0 aliphatic heterocycles. The molecule has 7 nitrogen and oxygen atoms in total. The highest BCUT2D eigenvalue weighted by atomic mass is 16.6. The third-order valence-corrected chi connectivity index (χ3v) is 3.13. The summed E-state index contributed by atoms with van der Waals surface area (Å²) in [5.74, 6) is -0.381. The summed E-state index contributed by atoms with van der Waals surface area (Å²) in [7, 11) is 2.91. The number of methoxy groups -OCH3 is 2. The average Bonchev–Trinajstić information content (AvgIpc) is 2.82. The van der Waals surface area contributed by atoms with Crippen LogP contribution >= 0.6 is 0 Å². The fraction of sp³-hybridized carbons (Fsp3) is 0.375. The molecule has 124 valence electrons. The molecule has 2 aromatic rings. The van der Waals surface area contributed by atoms with Crippen LogP contribution in [0.15, 0.2) is 18.3 Å². The van der Waals surface area contributed by atoms with E-state index in [1.165, 1.54) is 26.5 Å². The molecule has 0 bridgehead atoms. The standard InChI is InChI=1S/C16H19NO6/c1-16(2,3)23-15(20)17-8-10(14(18)19)9-6-12(21-4)13(22-5)7-11(9)17/h6-8H,1-5H3,(H,18,19). The van der Waals surface area contributed by atoms with Crippen molar-refractivity contribution >= 4 is 23.0 Å². The normalized spacial score (nSPS) is 11.3. The molecular formula is C16H19NO6. The smallest absolute Gasteiger partial charge is 0.419 e. The molecule has 23 heavy (non-hydrogen) atoms. The molecule has 0 atom stereocenters. The second-order valence-electron chi connectivity index (χ2n) is 5.92. The number of carboxylic acid groups (broad SMARTS) is 1. The Bertz CT molecular complexity index is 769. The van der Waals surface area contributed by atoms with Crippen LogP contribution in [0.5, 0.6) is 11.5 Å². The fourth-order valence-corrected chi connectivity index (χ4v) is 2.18. The van der Waals surface area contributed by atoms with E-state index in [-0.39, 0.29) is 5.56 Å². The Balaban J connectivity index is 2.70. The van der Waals surface area contributed by atoms with Gasteiger partial charge in [0, 0.05) is 17.6 Å². The summed E-state index contributed by atoms with van der Waals surface area (Å²) < 4.78 is 16.9. The van der Waals surface area contributed by atoms with Gasteiger partial charge in [0.1, 0.15) is 5.60 Å². The second kappa shape index (κ2) is 5.83. The highest BCUT2D eigenvalue weighted by molar-refractivity contribution is 6.06. The van der Waals surface area contributed by atoms with E-state index in [9.17, 15) is 14.7 Å². The summed E-state index contributed by atoms with van der Waals surface area (Å²) in [6.45, 7) is 5.20. The van der Waals surface area contributed by atoms with Crippen LogP contribution in [0, 0.1) is 0 Å². The summed E-state index contributed by atoms with van der Waals surface area (Å²) in [5, 5.41) is 9.73. The van der Waals surface area contributed by atoms with E-state index in [0.717, 1.165) is 4.57 Å². The number of benzene rings is 1. The Labute approximate surface area is 133 Å². The minimum Gasteiger partial charge on any atom is -0.493 e. The van der Waals surface area contributed by atoms with Crippen LogP contribution in [-0.2, 0) is 4.74 Å². The monoisotopic (exact) mass is 321 g/mol. The van der Waals surface area contributed by atoms with E-state index in [2.05, 4.69) is 0 Å². The van der Waals surface area contributed by atoms with E-state index >= 15 is 0 Å². The quantitative estimate of drug-likeness (QED) is 0.934. The van der Waals surface area contributed by atoms with E-state index in [1.54, 1.807) is 26.8 Å². The van der Waals surface area contributed by atoms with Crippen molar-refractivity contribution in [1.29, 1.82) is 0 Å². The molecule has 1 heterocycles. The van der Waals surface area contributed by atoms with Gasteiger partial charge in [-0.15, -0.1) is 0 Å². The maximum absolute atomic E-state index is 12.3. The number of fused-ring (bicyclic) bond motifs is 1. The van der Waals surface area contributed by atoms with Crippen molar-refractivity contribution in [3.05, 3.63) is 23.9 Å². The number of carbonyl (C=O) groups is 2. The van der Waals surface area contributed by atoms with Crippen molar-refractivity contribution in [3.63, 3.8) is 0 Å². The maximum atomic E-state index is 12.3. The van der Waals surface area contributed by atoms with Gasteiger partial charge in [-0.05, 0) is 26.8 Å². The van der Waals surface area contributed by atoms with Gasteiger partial charge >= 0.3 is 12.1 Å². The van der Waals surface area contributed by atoms with E-state index in [4.69, 9.17) is 14.2 Å². The Hall–Kier alpha value is -2.70. The van der Waals surface area contributed by atoms with Gasteiger partial charge in [0.15, 0.2) is 11.5 Å². The van der Waals surface area contributed by atoms with Crippen LogP contribution in [0.3, 0.4) is 0 Å². The van der Waals surface area contributed by atoms with Gasteiger partial charge in [-0.25, -0.2) is 9.59 Å². The number of aromatic carboxylic acids is 1. The second-order valence-corrected chi connectivity index (χ2v) is 5.92. The van der Waals surface area contributed by atoms with Gasteiger partial charge in [0.05, 0.1) is 25.3 Å².